The average Bonchev–Trinajstić information content (AvgIpc) is 2.35. The summed E-state index contributed by atoms with van der Waals surface area (Å²) in [5, 5.41) is 0. The molecule has 0 atom stereocenters. The van der Waals surface area contributed by atoms with Crippen LogP contribution >= 0.6 is 0 Å². The van der Waals surface area contributed by atoms with E-state index in [1.807, 2.05) is 0 Å². The van der Waals surface area contributed by atoms with E-state index in [0.29, 0.717) is 0 Å². The van der Waals surface area contributed by atoms with Crippen LogP contribution in [0.25, 0.3) is 0 Å². The topological polar surface area (TPSA) is 17.1 Å². The second kappa shape index (κ2) is 5.04. The fraction of sp³-hybridized carbons (Fsp3) is 0.0714. The van der Waals surface area contributed by atoms with Crippen molar-refractivity contribution < 1.29 is 18.0 Å². The number of hydrogen-bond donors (Lipinski definition) is 0. The highest BCUT2D eigenvalue weighted by Gasteiger charge is 2.12. The van der Waals surface area contributed by atoms with Crippen molar-refractivity contribution in [2.75, 3.05) is 0 Å². The number of halogens is 3. The number of benzene rings is 2. The predicted molar refractivity (Wildman–Crippen MR) is 60.8 cm³/mol. The lowest BCUT2D eigenvalue weighted by Gasteiger charge is -2.03. The Bertz CT molecular complexity index is 593. The normalized spacial score (nSPS) is 10.4. The summed E-state index contributed by atoms with van der Waals surface area (Å²) in [7, 11) is 0. The van der Waals surface area contributed by atoms with Gasteiger partial charge in [0.25, 0.3) is 0 Å². The summed E-state index contributed by atoms with van der Waals surface area (Å²) in [6.07, 6.45) is -0.183. The fourth-order valence-corrected chi connectivity index (χ4v) is 1.59. The molecule has 0 aliphatic rings. The Hall–Kier alpha value is -2.10. The van der Waals surface area contributed by atoms with Gasteiger partial charge in [-0.2, -0.15) is 0 Å². The van der Waals surface area contributed by atoms with Crippen LogP contribution in [0.5, 0.6) is 0 Å². The maximum Gasteiger partial charge on any atom is 0.167 e. The molecule has 0 N–H and O–H groups in total. The van der Waals surface area contributed by atoms with E-state index in [-0.39, 0.29) is 17.5 Å². The molecular formula is C14H9F3O. The molecule has 0 aliphatic carbocycles. The Morgan fingerprint density at radius 3 is 2.28 bits per heavy atom. The molecule has 1 nitrogen and oxygen atoms in total. The van der Waals surface area contributed by atoms with Crippen LogP contribution in [0.4, 0.5) is 13.2 Å². The van der Waals surface area contributed by atoms with Crippen LogP contribution in [0, 0.1) is 17.5 Å². The first-order chi connectivity index (χ1) is 8.58. The molecule has 4 heteroatoms. The standard InChI is InChI=1S/C14H9F3O/c15-11-4-2-1-3-9(11)8-14(18)10-5-6-12(16)13(17)7-10/h1-7H,8H2. The summed E-state index contributed by atoms with van der Waals surface area (Å²) < 4.78 is 39.0. The number of carbonyl (C=O) groups excluding carboxylic acids is 1. The quantitative estimate of drug-likeness (QED) is 0.761. The third-order valence-corrected chi connectivity index (χ3v) is 2.55. The molecule has 2 aromatic carbocycles. The van der Waals surface area contributed by atoms with Gasteiger partial charge in [0.05, 0.1) is 0 Å². The highest BCUT2D eigenvalue weighted by molar-refractivity contribution is 5.97. The zero-order valence-corrected chi connectivity index (χ0v) is 9.29. The number of ketones is 1. The zero-order valence-electron chi connectivity index (χ0n) is 9.29. The van der Waals surface area contributed by atoms with Crippen molar-refractivity contribution in [1.29, 1.82) is 0 Å². The van der Waals surface area contributed by atoms with Gasteiger partial charge in [-0.25, -0.2) is 13.2 Å². The Morgan fingerprint density at radius 2 is 1.61 bits per heavy atom. The van der Waals surface area contributed by atoms with E-state index in [1.54, 1.807) is 6.07 Å². The highest BCUT2D eigenvalue weighted by atomic mass is 19.2. The molecule has 0 heterocycles. The predicted octanol–water partition coefficient (Wildman–Crippen LogP) is 3.53. The third-order valence-electron chi connectivity index (χ3n) is 2.55. The lowest BCUT2D eigenvalue weighted by Crippen LogP contribution is -2.06. The number of hydrogen-bond acceptors (Lipinski definition) is 1. The Kier molecular flexibility index (Phi) is 3.46. The molecule has 0 spiro atoms. The van der Waals surface area contributed by atoms with Crippen molar-refractivity contribution in [3.63, 3.8) is 0 Å². The summed E-state index contributed by atoms with van der Waals surface area (Å²) in [5.74, 6) is -3.06. The number of carbonyl (C=O) groups is 1. The van der Waals surface area contributed by atoms with E-state index in [4.69, 9.17) is 0 Å². The number of rotatable bonds is 3. The SMILES string of the molecule is O=C(Cc1ccccc1F)c1ccc(F)c(F)c1. The van der Waals surface area contributed by atoms with Gasteiger partial charge >= 0.3 is 0 Å². The molecule has 0 saturated heterocycles. The molecule has 0 fully saturated rings. The number of Topliss-reactive ketones (excluding diaryl/α,β-unsaturated/α-hetero) is 1. The Labute approximate surface area is 102 Å². The zero-order chi connectivity index (χ0) is 13.1. The van der Waals surface area contributed by atoms with Crippen LogP contribution in [-0.2, 0) is 6.42 Å². The maximum atomic E-state index is 13.3. The highest BCUT2D eigenvalue weighted by Crippen LogP contribution is 2.13. The first-order valence-corrected chi connectivity index (χ1v) is 5.29. The summed E-state index contributed by atoms with van der Waals surface area (Å²) in [4.78, 5) is 11.8. The minimum absolute atomic E-state index is 0.0251. The summed E-state index contributed by atoms with van der Waals surface area (Å²) in [5.41, 5.74) is 0.254. The molecule has 18 heavy (non-hydrogen) atoms. The molecular weight excluding hydrogens is 241 g/mol. The van der Waals surface area contributed by atoms with E-state index >= 15 is 0 Å². The summed E-state index contributed by atoms with van der Waals surface area (Å²) in [6.45, 7) is 0. The maximum absolute atomic E-state index is 13.3. The third kappa shape index (κ3) is 2.59. The van der Waals surface area contributed by atoms with Gasteiger partial charge in [0.2, 0.25) is 0 Å². The Balaban J connectivity index is 2.22. The minimum atomic E-state index is -1.09. The van der Waals surface area contributed by atoms with E-state index < -0.39 is 23.2 Å². The van der Waals surface area contributed by atoms with Crippen molar-refractivity contribution in [2.45, 2.75) is 6.42 Å². The van der Waals surface area contributed by atoms with Crippen LogP contribution in [0.2, 0.25) is 0 Å². The van der Waals surface area contributed by atoms with E-state index in [2.05, 4.69) is 0 Å². The molecule has 0 bridgehead atoms. The van der Waals surface area contributed by atoms with Crippen molar-refractivity contribution in [3.8, 4) is 0 Å². The van der Waals surface area contributed by atoms with Gasteiger partial charge in [0, 0.05) is 12.0 Å². The van der Waals surface area contributed by atoms with Crippen molar-refractivity contribution in [2.24, 2.45) is 0 Å². The molecule has 0 radical (unpaired) electrons. The average molecular weight is 250 g/mol. The van der Waals surface area contributed by atoms with Crippen LogP contribution in [-0.4, -0.2) is 5.78 Å². The second-order valence-electron chi connectivity index (χ2n) is 3.82. The summed E-state index contributed by atoms with van der Waals surface area (Å²) in [6, 6.07) is 8.73. The first-order valence-electron chi connectivity index (χ1n) is 5.29. The molecule has 92 valence electrons. The minimum Gasteiger partial charge on any atom is -0.294 e. The molecule has 2 aromatic rings. The second-order valence-corrected chi connectivity index (χ2v) is 3.82. The monoisotopic (exact) mass is 250 g/mol. The fourth-order valence-electron chi connectivity index (χ4n) is 1.59. The largest absolute Gasteiger partial charge is 0.294 e. The van der Waals surface area contributed by atoms with E-state index in [9.17, 15) is 18.0 Å². The van der Waals surface area contributed by atoms with E-state index in [0.717, 1.165) is 12.1 Å². The molecule has 2 rings (SSSR count). The first kappa shape index (κ1) is 12.4. The van der Waals surface area contributed by atoms with Gasteiger partial charge in [-0.05, 0) is 29.8 Å². The Morgan fingerprint density at radius 1 is 0.889 bits per heavy atom. The van der Waals surface area contributed by atoms with E-state index in [1.165, 1.54) is 24.3 Å². The van der Waals surface area contributed by atoms with Crippen LogP contribution in [0.3, 0.4) is 0 Å². The molecule has 0 unspecified atom stereocenters. The lowest BCUT2D eigenvalue weighted by molar-refractivity contribution is 0.0991. The van der Waals surface area contributed by atoms with Gasteiger partial charge in [-0.1, -0.05) is 18.2 Å². The van der Waals surface area contributed by atoms with Crippen molar-refractivity contribution in [1.82, 2.24) is 0 Å². The molecule has 0 amide bonds. The van der Waals surface area contributed by atoms with Crippen molar-refractivity contribution >= 4 is 5.78 Å². The van der Waals surface area contributed by atoms with Gasteiger partial charge in [0.15, 0.2) is 17.4 Å². The van der Waals surface area contributed by atoms with Crippen LogP contribution < -0.4 is 0 Å². The van der Waals surface area contributed by atoms with Gasteiger partial charge < -0.3 is 0 Å². The smallest absolute Gasteiger partial charge is 0.167 e. The van der Waals surface area contributed by atoms with Crippen LogP contribution in [0.1, 0.15) is 15.9 Å². The lowest BCUT2D eigenvalue weighted by atomic mass is 10.0. The van der Waals surface area contributed by atoms with Crippen molar-refractivity contribution in [3.05, 3.63) is 71.0 Å². The summed E-state index contributed by atoms with van der Waals surface area (Å²) >= 11 is 0. The molecule has 0 aromatic heterocycles. The van der Waals surface area contributed by atoms with Crippen LogP contribution in [0.15, 0.2) is 42.5 Å². The van der Waals surface area contributed by atoms with Gasteiger partial charge in [-0.15, -0.1) is 0 Å². The van der Waals surface area contributed by atoms with Gasteiger partial charge in [0.1, 0.15) is 5.82 Å². The van der Waals surface area contributed by atoms with Gasteiger partial charge in [-0.3, -0.25) is 4.79 Å². The molecule has 0 aliphatic heterocycles. The molecule has 0 saturated carbocycles.